The highest BCUT2D eigenvalue weighted by Gasteiger charge is 2.12. The summed E-state index contributed by atoms with van der Waals surface area (Å²) < 4.78 is 17.2. The molecule has 0 fully saturated rings. The van der Waals surface area contributed by atoms with Gasteiger partial charge in [-0.1, -0.05) is 18.2 Å². The van der Waals surface area contributed by atoms with Crippen LogP contribution in [0.3, 0.4) is 0 Å². The Balaban J connectivity index is 1.62. The standard InChI is InChI=1S/C19H16BrNO4/c1-23-14-6-4-5-13(11-14)21-19(22)18-10-9-15(25-18)12-24-17-8-3-2-7-16(17)20/h2-11H,12H2,1H3,(H,21,22). The third-order valence-electron chi connectivity index (χ3n) is 3.42. The van der Waals surface area contributed by atoms with Crippen LogP contribution in [0.4, 0.5) is 5.69 Å². The van der Waals surface area contributed by atoms with Gasteiger partial charge in [-0.3, -0.25) is 4.79 Å². The molecule has 0 radical (unpaired) electrons. The van der Waals surface area contributed by atoms with Gasteiger partial charge < -0.3 is 19.2 Å². The molecule has 1 N–H and O–H groups in total. The van der Waals surface area contributed by atoms with Crippen LogP contribution in [0.25, 0.3) is 0 Å². The number of halogens is 1. The fourth-order valence-electron chi connectivity index (χ4n) is 2.18. The first-order chi connectivity index (χ1) is 12.2. The number of hydrogen-bond acceptors (Lipinski definition) is 4. The lowest BCUT2D eigenvalue weighted by Gasteiger charge is -2.06. The minimum absolute atomic E-state index is 0.216. The molecular weight excluding hydrogens is 386 g/mol. The van der Waals surface area contributed by atoms with Crippen molar-refractivity contribution < 1.29 is 18.7 Å². The molecule has 0 unspecified atom stereocenters. The van der Waals surface area contributed by atoms with E-state index >= 15 is 0 Å². The molecule has 3 aromatic rings. The molecule has 1 amide bonds. The van der Waals surface area contributed by atoms with Gasteiger partial charge in [0.25, 0.3) is 5.91 Å². The molecule has 1 aromatic heterocycles. The van der Waals surface area contributed by atoms with E-state index < -0.39 is 0 Å². The van der Waals surface area contributed by atoms with Crippen LogP contribution in [0.15, 0.2) is 69.6 Å². The van der Waals surface area contributed by atoms with Crippen molar-refractivity contribution in [3.05, 3.63) is 76.7 Å². The normalized spacial score (nSPS) is 10.3. The van der Waals surface area contributed by atoms with Gasteiger partial charge in [0.2, 0.25) is 0 Å². The molecule has 5 nitrogen and oxygen atoms in total. The van der Waals surface area contributed by atoms with Crippen LogP contribution in [-0.4, -0.2) is 13.0 Å². The first kappa shape index (κ1) is 17.1. The Kier molecular flexibility index (Phi) is 5.40. The summed E-state index contributed by atoms with van der Waals surface area (Å²) in [5.41, 5.74) is 0.631. The summed E-state index contributed by atoms with van der Waals surface area (Å²) in [6, 6.07) is 18.0. The second-order valence-corrected chi connectivity index (χ2v) is 6.03. The van der Waals surface area contributed by atoms with Gasteiger partial charge in [0, 0.05) is 11.8 Å². The molecule has 3 rings (SSSR count). The molecule has 0 aliphatic carbocycles. The molecule has 6 heteroatoms. The lowest BCUT2D eigenvalue weighted by Crippen LogP contribution is -2.10. The van der Waals surface area contributed by atoms with Crippen LogP contribution in [0.2, 0.25) is 0 Å². The van der Waals surface area contributed by atoms with Crippen LogP contribution < -0.4 is 14.8 Å². The van der Waals surface area contributed by atoms with E-state index in [1.807, 2.05) is 24.3 Å². The molecule has 0 spiro atoms. The van der Waals surface area contributed by atoms with E-state index in [1.54, 1.807) is 43.5 Å². The van der Waals surface area contributed by atoms with Crippen LogP contribution in [0.5, 0.6) is 11.5 Å². The van der Waals surface area contributed by atoms with Gasteiger partial charge in [-0.2, -0.15) is 0 Å². The van der Waals surface area contributed by atoms with Crippen molar-refractivity contribution in [1.82, 2.24) is 0 Å². The summed E-state index contributed by atoms with van der Waals surface area (Å²) in [5.74, 6) is 1.82. The molecule has 0 aliphatic heterocycles. The van der Waals surface area contributed by atoms with E-state index in [2.05, 4.69) is 21.2 Å². The van der Waals surface area contributed by atoms with Gasteiger partial charge in [-0.05, 0) is 52.3 Å². The quantitative estimate of drug-likeness (QED) is 0.639. The number of hydrogen-bond donors (Lipinski definition) is 1. The molecule has 1 heterocycles. The fourth-order valence-corrected chi connectivity index (χ4v) is 2.58. The van der Waals surface area contributed by atoms with Crippen molar-refractivity contribution in [2.45, 2.75) is 6.61 Å². The minimum Gasteiger partial charge on any atom is -0.497 e. The van der Waals surface area contributed by atoms with Gasteiger partial charge in [-0.15, -0.1) is 0 Å². The molecular formula is C19H16BrNO4. The lowest BCUT2D eigenvalue weighted by molar-refractivity contribution is 0.0992. The zero-order chi connectivity index (χ0) is 17.6. The van der Waals surface area contributed by atoms with Crippen LogP contribution in [0.1, 0.15) is 16.3 Å². The Hall–Kier alpha value is -2.73. The first-order valence-corrected chi connectivity index (χ1v) is 8.36. The highest BCUT2D eigenvalue weighted by Crippen LogP contribution is 2.25. The van der Waals surface area contributed by atoms with Gasteiger partial charge in [0.15, 0.2) is 5.76 Å². The number of carbonyl (C=O) groups is 1. The highest BCUT2D eigenvalue weighted by atomic mass is 79.9. The van der Waals surface area contributed by atoms with Crippen LogP contribution in [-0.2, 0) is 6.61 Å². The van der Waals surface area contributed by atoms with Crippen molar-refractivity contribution in [1.29, 1.82) is 0 Å². The van der Waals surface area contributed by atoms with E-state index in [-0.39, 0.29) is 18.3 Å². The number of amides is 1. The topological polar surface area (TPSA) is 60.7 Å². The van der Waals surface area contributed by atoms with Gasteiger partial charge >= 0.3 is 0 Å². The molecule has 0 bridgehead atoms. The summed E-state index contributed by atoms with van der Waals surface area (Å²) in [5, 5.41) is 2.77. The minimum atomic E-state index is -0.333. The molecule has 0 aliphatic rings. The number of ether oxygens (including phenoxy) is 2. The van der Waals surface area contributed by atoms with Crippen LogP contribution >= 0.6 is 15.9 Å². The van der Waals surface area contributed by atoms with Gasteiger partial charge in [0.05, 0.1) is 11.6 Å². The van der Waals surface area contributed by atoms with Crippen molar-refractivity contribution >= 4 is 27.5 Å². The summed E-state index contributed by atoms with van der Waals surface area (Å²) >= 11 is 3.42. The highest BCUT2D eigenvalue weighted by molar-refractivity contribution is 9.10. The smallest absolute Gasteiger partial charge is 0.291 e. The summed E-state index contributed by atoms with van der Waals surface area (Å²) in [6.45, 7) is 0.231. The largest absolute Gasteiger partial charge is 0.497 e. The molecule has 0 saturated carbocycles. The monoisotopic (exact) mass is 401 g/mol. The molecule has 2 aromatic carbocycles. The maximum atomic E-state index is 12.3. The molecule has 25 heavy (non-hydrogen) atoms. The fraction of sp³-hybridized carbons (Fsp3) is 0.105. The summed E-state index contributed by atoms with van der Waals surface area (Å²) in [6.07, 6.45) is 0. The Morgan fingerprint density at radius 2 is 1.96 bits per heavy atom. The predicted octanol–water partition coefficient (Wildman–Crippen LogP) is 4.88. The van der Waals surface area contributed by atoms with Gasteiger partial charge in [0.1, 0.15) is 23.9 Å². The zero-order valence-electron chi connectivity index (χ0n) is 13.5. The van der Waals surface area contributed by atoms with E-state index in [1.165, 1.54) is 0 Å². The number of carbonyl (C=O) groups excluding carboxylic acids is 1. The first-order valence-electron chi connectivity index (χ1n) is 7.57. The second kappa shape index (κ2) is 7.90. The number of para-hydroxylation sites is 1. The number of benzene rings is 2. The average Bonchev–Trinajstić information content (AvgIpc) is 3.10. The Morgan fingerprint density at radius 3 is 2.76 bits per heavy atom. The van der Waals surface area contributed by atoms with E-state index in [4.69, 9.17) is 13.9 Å². The zero-order valence-corrected chi connectivity index (χ0v) is 15.1. The third kappa shape index (κ3) is 4.42. The van der Waals surface area contributed by atoms with Gasteiger partial charge in [-0.25, -0.2) is 0 Å². The van der Waals surface area contributed by atoms with Crippen molar-refractivity contribution in [3.8, 4) is 11.5 Å². The summed E-state index contributed by atoms with van der Waals surface area (Å²) in [7, 11) is 1.57. The summed E-state index contributed by atoms with van der Waals surface area (Å²) in [4.78, 5) is 12.3. The predicted molar refractivity (Wildman–Crippen MR) is 98.1 cm³/mol. The van der Waals surface area contributed by atoms with Crippen LogP contribution in [0, 0.1) is 0 Å². The Bertz CT molecular complexity index is 875. The van der Waals surface area contributed by atoms with Crippen molar-refractivity contribution in [3.63, 3.8) is 0 Å². The number of methoxy groups -OCH3 is 1. The third-order valence-corrected chi connectivity index (χ3v) is 4.07. The number of rotatable bonds is 6. The van der Waals surface area contributed by atoms with E-state index in [9.17, 15) is 4.79 Å². The van der Waals surface area contributed by atoms with E-state index in [0.717, 1.165) is 4.47 Å². The van der Waals surface area contributed by atoms with Crippen molar-refractivity contribution in [2.75, 3.05) is 12.4 Å². The SMILES string of the molecule is COc1cccc(NC(=O)c2ccc(COc3ccccc3Br)o2)c1. The number of furan rings is 1. The second-order valence-electron chi connectivity index (χ2n) is 5.17. The van der Waals surface area contributed by atoms with Crippen molar-refractivity contribution in [2.24, 2.45) is 0 Å². The molecule has 128 valence electrons. The molecule has 0 atom stereocenters. The lowest BCUT2D eigenvalue weighted by atomic mass is 10.3. The van der Waals surface area contributed by atoms with E-state index in [0.29, 0.717) is 22.9 Å². The Labute approximate surface area is 153 Å². The maximum Gasteiger partial charge on any atom is 0.291 e. The Morgan fingerprint density at radius 1 is 1.12 bits per heavy atom. The number of anilines is 1. The maximum absolute atomic E-state index is 12.3. The number of nitrogens with one attached hydrogen (secondary N) is 1. The average molecular weight is 402 g/mol. The molecule has 0 saturated heterocycles.